The molecule has 0 radical (unpaired) electrons. The minimum atomic E-state index is -0.833. The number of carboxylic acid groups (broad SMARTS) is 5. The van der Waals surface area contributed by atoms with E-state index in [1.54, 1.807) is 0 Å². The first kappa shape index (κ1) is 86.1. The molecule has 0 aromatic heterocycles. The van der Waals surface area contributed by atoms with E-state index < -0.39 is 35.3 Å². The Bertz CT molecular complexity index is 1250. The van der Waals surface area contributed by atoms with E-state index in [0.717, 1.165) is 66.2 Å². The summed E-state index contributed by atoms with van der Waals surface area (Å²) in [6.45, 7) is 25.8. The zero-order valence-electron chi connectivity index (χ0n) is 55.7. The fourth-order valence-corrected chi connectivity index (χ4v) is 13.3. The third-order valence-corrected chi connectivity index (χ3v) is 17.3. The van der Waals surface area contributed by atoms with Crippen LogP contribution in [0.4, 0.5) is 0 Å². The summed E-state index contributed by atoms with van der Waals surface area (Å²) in [5.74, 6) is -3.79. The van der Waals surface area contributed by atoms with Gasteiger partial charge in [0, 0.05) is 27.7 Å². The van der Waals surface area contributed by atoms with Crippen molar-refractivity contribution in [2.24, 2.45) is 21.7 Å². The van der Waals surface area contributed by atoms with Crippen LogP contribution in [0.2, 0.25) is 0 Å². The van der Waals surface area contributed by atoms with Gasteiger partial charge in [0.15, 0.2) is 0 Å². The van der Waals surface area contributed by atoms with Crippen LogP contribution in [0.1, 0.15) is 398 Å². The minimum absolute atomic E-state index is 0.280. The van der Waals surface area contributed by atoms with E-state index in [1.165, 1.54) is 270 Å². The summed E-state index contributed by atoms with van der Waals surface area (Å²) >= 11 is 0. The van der Waals surface area contributed by atoms with Gasteiger partial charge < -0.3 is 25.5 Å². The molecule has 0 fully saturated rings. The van der Waals surface area contributed by atoms with Crippen molar-refractivity contribution in [1.29, 1.82) is 0 Å². The monoisotopic (exact) mass is 1140 g/mol. The lowest BCUT2D eigenvalue weighted by Crippen LogP contribution is -2.55. The number of rotatable bonds is 52. The van der Waals surface area contributed by atoms with Crippen LogP contribution < -0.4 is 0 Å². The second-order valence-corrected chi connectivity index (χ2v) is 24.5. The average Bonchev–Trinajstić information content (AvgIpc) is 3.38. The van der Waals surface area contributed by atoms with Crippen molar-refractivity contribution in [3.05, 3.63) is 0 Å². The molecular formula is C70H140O10. The highest BCUT2D eigenvalue weighted by molar-refractivity contribution is 5.74. The topological polar surface area (TPSA) is 186 Å². The van der Waals surface area contributed by atoms with Crippen molar-refractivity contribution in [2.45, 2.75) is 398 Å². The first-order valence-corrected chi connectivity index (χ1v) is 34.1. The number of carbonyl (C=O) groups is 5. The van der Waals surface area contributed by atoms with E-state index in [4.69, 9.17) is 39.6 Å². The molecule has 5 N–H and O–H groups in total. The van der Waals surface area contributed by atoms with Crippen LogP contribution in [0, 0.1) is 21.7 Å². The van der Waals surface area contributed by atoms with E-state index in [2.05, 4.69) is 62.3 Å². The molecule has 0 unspecified atom stereocenters. The predicted octanol–water partition coefficient (Wildman–Crippen LogP) is 23.3. The Morgan fingerprint density at radius 3 is 0.550 bits per heavy atom. The van der Waals surface area contributed by atoms with E-state index in [9.17, 15) is 9.90 Å². The number of carboxylic acids is 5. The van der Waals surface area contributed by atoms with Gasteiger partial charge in [-0.3, -0.25) is 24.0 Å². The lowest BCUT2D eigenvalue weighted by molar-refractivity contribution is -0.153. The molecule has 0 aromatic rings. The molecule has 80 heavy (non-hydrogen) atoms. The highest BCUT2D eigenvalue weighted by Crippen LogP contribution is 2.69. The average molecular weight is 1140 g/mol. The van der Waals surface area contributed by atoms with Crippen LogP contribution in [0.15, 0.2) is 0 Å². The molecule has 480 valence electrons. The van der Waals surface area contributed by atoms with Gasteiger partial charge in [-0.25, -0.2) is 0 Å². The first-order valence-electron chi connectivity index (χ1n) is 34.1. The van der Waals surface area contributed by atoms with Gasteiger partial charge >= 0.3 is 5.97 Å². The normalized spacial score (nSPS) is 11.5. The van der Waals surface area contributed by atoms with Crippen LogP contribution in [0.25, 0.3) is 0 Å². The molecule has 0 aliphatic rings. The maximum atomic E-state index is 13.9. The van der Waals surface area contributed by atoms with Gasteiger partial charge in [0.2, 0.25) is 0 Å². The summed E-state index contributed by atoms with van der Waals surface area (Å²) in [7, 11) is 0. The van der Waals surface area contributed by atoms with E-state index in [-0.39, 0.29) is 5.41 Å². The SMILES string of the molecule is CC(=O)O.CC(=O)O.CC(=O)O.CC(=O)O.CCCCCCC(CCCCCC)(CCCC(CCCCCC)(CCCCCC)C(CCCCCC)(CCCCCC)C(CCCCCC)(CCCCCC)CCCCCC)C(=O)O. The van der Waals surface area contributed by atoms with Gasteiger partial charge in [-0.15, -0.1) is 0 Å². The molecule has 0 rings (SSSR count). The van der Waals surface area contributed by atoms with Crippen molar-refractivity contribution in [3.63, 3.8) is 0 Å². The third-order valence-electron chi connectivity index (χ3n) is 17.3. The zero-order valence-corrected chi connectivity index (χ0v) is 55.7. The van der Waals surface area contributed by atoms with Crippen molar-refractivity contribution < 1.29 is 49.5 Å². The third kappa shape index (κ3) is 48.8. The Kier molecular flexibility index (Phi) is 65.6. The second-order valence-electron chi connectivity index (χ2n) is 24.5. The Hall–Kier alpha value is -2.65. The van der Waals surface area contributed by atoms with E-state index in [1.807, 2.05) is 0 Å². The highest BCUT2D eigenvalue weighted by atomic mass is 16.4. The molecule has 0 aliphatic carbocycles. The molecular weight excluding hydrogens is 1000 g/mol. The van der Waals surface area contributed by atoms with Gasteiger partial charge in [0.1, 0.15) is 0 Å². The minimum Gasteiger partial charge on any atom is -0.481 e. The highest BCUT2D eigenvalue weighted by Gasteiger charge is 2.59. The maximum Gasteiger partial charge on any atom is 0.309 e. The number of hydrogen-bond donors (Lipinski definition) is 5. The van der Waals surface area contributed by atoms with Crippen molar-refractivity contribution >= 4 is 29.8 Å². The first-order chi connectivity index (χ1) is 38.1. The van der Waals surface area contributed by atoms with Crippen LogP contribution >= 0.6 is 0 Å². The van der Waals surface area contributed by atoms with Gasteiger partial charge in [0.25, 0.3) is 23.9 Å². The lowest BCUT2D eigenvalue weighted by Gasteiger charge is -2.64. The van der Waals surface area contributed by atoms with E-state index in [0.29, 0.717) is 10.8 Å². The molecule has 0 aromatic carbocycles. The van der Waals surface area contributed by atoms with Crippen molar-refractivity contribution in [1.82, 2.24) is 0 Å². The summed E-state index contributed by atoms with van der Waals surface area (Å²) < 4.78 is 0. The van der Waals surface area contributed by atoms with Crippen LogP contribution in [0.5, 0.6) is 0 Å². The fourth-order valence-electron chi connectivity index (χ4n) is 13.3. The van der Waals surface area contributed by atoms with Gasteiger partial charge in [-0.2, -0.15) is 0 Å². The van der Waals surface area contributed by atoms with Crippen molar-refractivity contribution in [2.75, 3.05) is 0 Å². The summed E-state index contributed by atoms with van der Waals surface area (Å²) in [5, 5.41) is 41.1. The van der Waals surface area contributed by atoms with Gasteiger partial charge in [-0.1, -0.05) is 300 Å². The standard InChI is InChI=1S/C62H124O2.4C2H4O2/c1-10-19-28-37-47-59(58(63)64,48-38-29-20-11-2)49-46-55-61(53-42-33-24-15-6,54-43-34-25-16-7)62(56-44-35-26-17-8,57-45-36-27-18-9)60(50-39-30-21-12-3,51-40-31-22-13-4)52-41-32-23-14-5;4*1-2(3)4/h10-57H2,1-9H3,(H,63,64);4*1H3,(H,3,4). The molecule has 10 heteroatoms. The maximum absolute atomic E-state index is 13.9. The quantitative estimate of drug-likeness (QED) is 0.0367. The molecule has 0 amide bonds. The van der Waals surface area contributed by atoms with Gasteiger partial charge in [-0.05, 0) is 86.9 Å². The lowest BCUT2D eigenvalue weighted by atomic mass is 9.41. The molecule has 0 heterocycles. The number of aliphatic carboxylic acids is 5. The van der Waals surface area contributed by atoms with Crippen LogP contribution in [-0.2, 0) is 24.0 Å². The number of unbranched alkanes of at least 4 members (excludes halogenated alkanes) is 27. The number of hydrogen-bond acceptors (Lipinski definition) is 5. The summed E-state index contributed by atoms with van der Waals surface area (Å²) in [4.78, 5) is 49.9. The van der Waals surface area contributed by atoms with Crippen LogP contribution in [0.3, 0.4) is 0 Å². The van der Waals surface area contributed by atoms with E-state index >= 15 is 0 Å². The summed E-state index contributed by atoms with van der Waals surface area (Å²) in [6, 6.07) is 0. The fraction of sp³-hybridized carbons (Fsp3) is 0.929. The second kappa shape index (κ2) is 60.9. The van der Waals surface area contributed by atoms with Crippen molar-refractivity contribution in [3.8, 4) is 0 Å². The molecule has 10 nitrogen and oxygen atoms in total. The van der Waals surface area contributed by atoms with Gasteiger partial charge in [0.05, 0.1) is 5.41 Å². The molecule has 0 atom stereocenters. The molecule has 0 spiro atoms. The molecule has 0 saturated carbocycles. The predicted molar refractivity (Wildman–Crippen MR) is 343 cm³/mol. The summed E-state index contributed by atoms with van der Waals surface area (Å²) in [5.41, 5.74) is 0.418. The molecule has 0 aliphatic heterocycles. The Balaban J connectivity index is -0.00000102. The molecule has 0 saturated heterocycles. The Morgan fingerprint density at radius 2 is 0.375 bits per heavy atom. The van der Waals surface area contributed by atoms with Crippen LogP contribution in [-0.4, -0.2) is 55.4 Å². The summed E-state index contributed by atoms with van der Waals surface area (Å²) in [6.07, 6.45) is 62.9. The molecule has 0 bridgehead atoms. The Labute approximate surface area is 497 Å². The Morgan fingerprint density at radius 1 is 0.225 bits per heavy atom. The largest absolute Gasteiger partial charge is 0.481 e. The smallest absolute Gasteiger partial charge is 0.309 e. The zero-order chi connectivity index (χ0) is 61.8.